The van der Waals surface area contributed by atoms with Crippen LogP contribution in [0.25, 0.3) is 11.4 Å². The Balaban J connectivity index is 1.60. The zero-order valence-corrected chi connectivity index (χ0v) is 14.0. The molecular formula is C18H16ClN3O2. The molecule has 0 amide bonds. The van der Waals surface area contributed by atoms with Gasteiger partial charge in [0, 0.05) is 29.2 Å². The normalized spacial score (nSPS) is 13.7. The van der Waals surface area contributed by atoms with E-state index in [1.165, 1.54) is 11.1 Å². The summed E-state index contributed by atoms with van der Waals surface area (Å²) in [4.78, 5) is 6.61. The van der Waals surface area contributed by atoms with Crippen molar-refractivity contribution in [2.75, 3.05) is 18.6 Å². The minimum absolute atomic E-state index is 0.526. The highest BCUT2D eigenvalue weighted by atomic mass is 35.5. The van der Waals surface area contributed by atoms with Crippen molar-refractivity contribution in [2.24, 2.45) is 0 Å². The van der Waals surface area contributed by atoms with Crippen molar-refractivity contribution >= 4 is 17.6 Å². The van der Waals surface area contributed by atoms with Crippen molar-refractivity contribution in [3.8, 4) is 17.1 Å². The van der Waals surface area contributed by atoms with Crippen molar-refractivity contribution in [3.63, 3.8) is 0 Å². The maximum Gasteiger partial charge on any atom is 0.324 e. The van der Waals surface area contributed by atoms with Crippen LogP contribution >= 0.6 is 11.6 Å². The molecule has 0 spiro atoms. The molecule has 0 aliphatic carbocycles. The molecule has 1 aliphatic heterocycles. The van der Waals surface area contributed by atoms with Crippen molar-refractivity contribution in [1.82, 2.24) is 10.1 Å². The van der Waals surface area contributed by atoms with Crippen LogP contribution in [0.5, 0.6) is 5.75 Å². The van der Waals surface area contributed by atoms with Crippen molar-refractivity contribution in [1.29, 1.82) is 0 Å². The Labute approximate surface area is 144 Å². The largest absolute Gasteiger partial charge is 0.496 e. The molecule has 0 N–H and O–H groups in total. The van der Waals surface area contributed by atoms with E-state index in [1.807, 2.05) is 36.4 Å². The number of anilines is 1. The second-order valence-electron chi connectivity index (χ2n) is 5.68. The Morgan fingerprint density at radius 3 is 2.92 bits per heavy atom. The molecule has 1 aromatic heterocycles. The Morgan fingerprint density at radius 2 is 2.08 bits per heavy atom. The van der Waals surface area contributed by atoms with Crippen LogP contribution < -0.4 is 9.64 Å². The van der Waals surface area contributed by atoms with E-state index in [2.05, 4.69) is 21.1 Å². The predicted molar refractivity (Wildman–Crippen MR) is 92.5 cm³/mol. The second-order valence-corrected chi connectivity index (χ2v) is 6.12. The summed E-state index contributed by atoms with van der Waals surface area (Å²) in [6.45, 7) is 1.54. The summed E-state index contributed by atoms with van der Waals surface area (Å²) in [5, 5.41) is 4.73. The molecule has 0 unspecified atom stereocenters. The minimum atomic E-state index is 0.526. The summed E-state index contributed by atoms with van der Waals surface area (Å²) in [5.41, 5.74) is 3.32. The molecule has 0 radical (unpaired) electrons. The molecule has 0 fully saturated rings. The molecule has 24 heavy (non-hydrogen) atoms. The number of methoxy groups -OCH3 is 1. The number of hydrogen-bond donors (Lipinski definition) is 0. The zero-order valence-electron chi connectivity index (χ0n) is 13.2. The standard InChI is InChI=1S/C18H16ClN3O2/c1-23-16-7-3-5-13-11-22(9-8-15(13)16)18-20-17(21-24-18)12-4-2-6-14(19)10-12/h2-7,10H,8-9,11H2,1H3. The number of hydrogen-bond acceptors (Lipinski definition) is 5. The van der Waals surface area contributed by atoms with Gasteiger partial charge in [0.05, 0.1) is 7.11 Å². The fourth-order valence-corrected chi connectivity index (χ4v) is 3.21. The van der Waals surface area contributed by atoms with Crippen LogP contribution in [-0.4, -0.2) is 23.8 Å². The number of aromatic nitrogens is 2. The summed E-state index contributed by atoms with van der Waals surface area (Å²) in [6, 6.07) is 14.1. The number of halogens is 1. The lowest BCUT2D eigenvalue weighted by atomic mass is 9.99. The van der Waals surface area contributed by atoms with Gasteiger partial charge in [0.15, 0.2) is 0 Å². The highest BCUT2D eigenvalue weighted by molar-refractivity contribution is 6.30. The monoisotopic (exact) mass is 341 g/mol. The van der Waals surface area contributed by atoms with Gasteiger partial charge in [0.25, 0.3) is 0 Å². The molecule has 0 atom stereocenters. The smallest absolute Gasteiger partial charge is 0.324 e. The number of ether oxygens (including phenoxy) is 1. The number of nitrogens with zero attached hydrogens (tertiary/aromatic N) is 3. The van der Waals surface area contributed by atoms with Crippen molar-refractivity contribution in [2.45, 2.75) is 13.0 Å². The summed E-state index contributed by atoms with van der Waals surface area (Å²) in [6.07, 6.45) is 0.883. The van der Waals surface area contributed by atoms with Gasteiger partial charge >= 0.3 is 6.01 Å². The first-order valence-corrected chi connectivity index (χ1v) is 8.12. The van der Waals surface area contributed by atoms with E-state index in [9.17, 15) is 0 Å². The highest BCUT2D eigenvalue weighted by Crippen LogP contribution is 2.30. The lowest BCUT2D eigenvalue weighted by Gasteiger charge is -2.27. The second kappa shape index (κ2) is 6.17. The van der Waals surface area contributed by atoms with Crippen molar-refractivity contribution in [3.05, 3.63) is 58.6 Å². The first kappa shape index (κ1) is 15.0. The topological polar surface area (TPSA) is 51.4 Å². The molecule has 4 rings (SSSR count). The van der Waals surface area contributed by atoms with Gasteiger partial charge in [-0.1, -0.05) is 41.0 Å². The molecule has 2 heterocycles. The van der Waals surface area contributed by atoms with Gasteiger partial charge < -0.3 is 14.2 Å². The molecule has 6 heteroatoms. The molecule has 0 saturated heterocycles. The summed E-state index contributed by atoms with van der Waals surface area (Å²) >= 11 is 6.03. The average molecular weight is 342 g/mol. The molecule has 1 aliphatic rings. The third-order valence-corrected chi connectivity index (χ3v) is 4.45. The molecule has 2 aromatic carbocycles. The molecule has 3 aromatic rings. The Hall–Kier alpha value is -2.53. The Kier molecular flexibility index (Phi) is 3.86. The van der Waals surface area contributed by atoms with E-state index in [0.29, 0.717) is 16.9 Å². The Morgan fingerprint density at radius 1 is 1.21 bits per heavy atom. The number of fused-ring (bicyclic) bond motifs is 1. The lowest BCUT2D eigenvalue weighted by Crippen LogP contribution is -2.30. The lowest BCUT2D eigenvalue weighted by molar-refractivity contribution is 0.399. The molecule has 122 valence electrons. The van der Waals surface area contributed by atoms with Crippen LogP contribution in [0.3, 0.4) is 0 Å². The zero-order chi connectivity index (χ0) is 16.5. The predicted octanol–water partition coefficient (Wildman–Crippen LogP) is 3.96. The molecule has 0 bridgehead atoms. The van der Waals surface area contributed by atoms with Gasteiger partial charge in [-0.25, -0.2) is 0 Å². The quantitative estimate of drug-likeness (QED) is 0.721. The third kappa shape index (κ3) is 2.71. The van der Waals surface area contributed by atoms with Gasteiger partial charge in [-0.2, -0.15) is 4.98 Å². The SMILES string of the molecule is COc1cccc2c1CCN(c1nc(-c3cccc(Cl)c3)no1)C2. The van der Waals surface area contributed by atoms with E-state index >= 15 is 0 Å². The van der Waals surface area contributed by atoms with Gasteiger partial charge in [0.1, 0.15) is 5.75 Å². The van der Waals surface area contributed by atoms with E-state index < -0.39 is 0 Å². The van der Waals surface area contributed by atoms with Crippen LogP contribution in [0.15, 0.2) is 47.0 Å². The van der Waals surface area contributed by atoms with Crippen molar-refractivity contribution < 1.29 is 9.26 Å². The van der Waals surface area contributed by atoms with Gasteiger partial charge in [0.2, 0.25) is 5.82 Å². The number of benzene rings is 2. The molecule has 0 saturated carbocycles. The van der Waals surface area contributed by atoms with E-state index in [4.69, 9.17) is 20.9 Å². The fraction of sp³-hybridized carbons (Fsp3) is 0.222. The van der Waals surface area contributed by atoms with Crippen LogP contribution in [-0.2, 0) is 13.0 Å². The Bertz CT molecular complexity index is 878. The van der Waals surface area contributed by atoms with Crippen LogP contribution in [0, 0.1) is 0 Å². The van der Waals surface area contributed by atoms with Gasteiger partial charge in [-0.3, -0.25) is 0 Å². The van der Waals surface area contributed by atoms with Gasteiger partial charge in [-0.15, -0.1) is 0 Å². The first-order valence-electron chi connectivity index (χ1n) is 7.74. The third-order valence-electron chi connectivity index (χ3n) is 4.21. The average Bonchev–Trinajstić information content (AvgIpc) is 3.11. The summed E-state index contributed by atoms with van der Waals surface area (Å²) in [5.74, 6) is 1.49. The van der Waals surface area contributed by atoms with Gasteiger partial charge in [-0.05, 0) is 30.2 Å². The van der Waals surface area contributed by atoms with Crippen LogP contribution in [0.1, 0.15) is 11.1 Å². The molecular weight excluding hydrogens is 326 g/mol. The maximum absolute atomic E-state index is 6.03. The summed E-state index contributed by atoms with van der Waals surface area (Å²) < 4.78 is 10.9. The van der Waals surface area contributed by atoms with Crippen LogP contribution in [0.2, 0.25) is 5.02 Å². The maximum atomic E-state index is 6.03. The minimum Gasteiger partial charge on any atom is -0.496 e. The highest BCUT2D eigenvalue weighted by Gasteiger charge is 2.23. The van der Waals surface area contributed by atoms with Crippen LogP contribution in [0.4, 0.5) is 6.01 Å². The molecule has 5 nitrogen and oxygen atoms in total. The number of rotatable bonds is 3. The van der Waals surface area contributed by atoms with E-state index in [1.54, 1.807) is 7.11 Å². The van der Waals surface area contributed by atoms with E-state index in [-0.39, 0.29) is 0 Å². The fourth-order valence-electron chi connectivity index (χ4n) is 3.02. The first-order chi connectivity index (χ1) is 11.7. The summed E-state index contributed by atoms with van der Waals surface area (Å²) in [7, 11) is 1.71. The van der Waals surface area contributed by atoms with E-state index in [0.717, 1.165) is 30.8 Å².